The molecule has 0 aliphatic heterocycles. The zero-order valence-corrected chi connectivity index (χ0v) is 17.6. The molecular weight excluding hydrogens is 447 g/mol. The zero-order chi connectivity index (χ0) is 22.7. The molecule has 0 bridgehead atoms. The maximum atomic E-state index is 12.7. The number of nitrogens with zero attached hydrogens (tertiary/aromatic N) is 1. The molecule has 30 heavy (non-hydrogen) atoms. The predicted octanol–water partition coefficient (Wildman–Crippen LogP) is 6.22. The fraction of sp³-hybridized carbons (Fsp3) is 0.211. The summed E-state index contributed by atoms with van der Waals surface area (Å²) in [7, 11) is -1.58. The van der Waals surface area contributed by atoms with Crippen molar-refractivity contribution in [1.29, 1.82) is 0 Å². The summed E-state index contributed by atoms with van der Waals surface area (Å²) in [6.07, 6.45) is 2.95. The largest absolute Gasteiger partial charge is 0.456 e. The molecule has 0 N–H and O–H groups in total. The Labute approximate surface area is 176 Å². The van der Waals surface area contributed by atoms with Crippen LogP contribution in [0.15, 0.2) is 42.5 Å². The normalized spacial score (nSPS) is 12.6. The molecule has 0 aliphatic rings. The lowest BCUT2D eigenvalue weighted by molar-refractivity contribution is -0.385. The van der Waals surface area contributed by atoms with Gasteiger partial charge in [0.1, 0.15) is 11.5 Å². The Kier molecular flexibility index (Phi) is 7.04. The summed E-state index contributed by atoms with van der Waals surface area (Å²) in [5.74, 6) is -0.648. The number of nitro benzene ring substituents is 1. The van der Waals surface area contributed by atoms with E-state index in [1.165, 1.54) is 18.2 Å². The molecule has 0 spiro atoms. The number of hydrogen-bond acceptors (Lipinski definition) is 5. The third kappa shape index (κ3) is 6.67. The molecule has 0 unspecified atom stereocenters. The number of rotatable bonds is 6. The molecule has 0 heterocycles. The Morgan fingerprint density at radius 2 is 1.83 bits per heavy atom. The number of halogens is 4. The summed E-state index contributed by atoms with van der Waals surface area (Å²) in [5, 5.41) is 11.0. The lowest BCUT2D eigenvalue weighted by Gasteiger charge is -2.23. The van der Waals surface area contributed by atoms with Crippen LogP contribution in [0.2, 0.25) is 5.02 Å². The van der Waals surface area contributed by atoms with Crippen LogP contribution < -0.4 is 4.74 Å². The number of ether oxygens (including phenoxy) is 1. The van der Waals surface area contributed by atoms with E-state index in [1.54, 1.807) is 18.8 Å². The molecule has 0 saturated carbocycles. The minimum Gasteiger partial charge on any atom is -0.456 e. The zero-order valence-electron chi connectivity index (χ0n) is 16.0. The van der Waals surface area contributed by atoms with E-state index in [1.807, 2.05) is 0 Å². The lowest BCUT2D eigenvalue weighted by Crippen LogP contribution is -2.05. The first-order chi connectivity index (χ1) is 13.8. The van der Waals surface area contributed by atoms with E-state index < -0.39 is 32.9 Å². The fourth-order valence-electron chi connectivity index (χ4n) is 2.21. The summed E-state index contributed by atoms with van der Waals surface area (Å²) in [5.41, 5.74) is -1.19. The van der Waals surface area contributed by atoms with Gasteiger partial charge in [-0.3, -0.25) is 10.1 Å². The lowest BCUT2D eigenvalue weighted by atomic mass is 10.1. The quantitative estimate of drug-likeness (QED) is 0.288. The van der Waals surface area contributed by atoms with Gasteiger partial charge in [-0.1, -0.05) is 21.9 Å². The number of alkyl halides is 3. The van der Waals surface area contributed by atoms with E-state index >= 15 is 0 Å². The molecule has 0 atom stereocenters. The van der Waals surface area contributed by atoms with Crippen molar-refractivity contribution >= 4 is 39.6 Å². The van der Waals surface area contributed by atoms with E-state index in [2.05, 4.69) is 0 Å². The molecule has 0 amide bonds. The molecule has 6 nitrogen and oxygen atoms in total. The highest BCUT2D eigenvalue weighted by Crippen LogP contribution is 2.38. The van der Waals surface area contributed by atoms with Gasteiger partial charge in [-0.2, -0.15) is 13.2 Å². The molecule has 0 saturated heterocycles. The van der Waals surface area contributed by atoms with Gasteiger partial charge in [0.15, 0.2) is 0 Å². The average Bonchev–Trinajstić information content (AvgIpc) is 2.59. The summed E-state index contributed by atoms with van der Waals surface area (Å²) >= 11 is 5.86. The molecular formula is C19H17ClF3NO5S. The van der Waals surface area contributed by atoms with Gasteiger partial charge in [-0.15, -0.1) is 0 Å². The third-order valence-electron chi connectivity index (χ3n) is 3.41. The fourth-order valence-corrected chi connectivity index (χ4v) is 2.98. The van der Waals surface area contributed by atoms with Crippen LogP contribution in [0.4, 0.5) is 18.9 Å². The number of benzene rings is 2. The van der Waals surface area contributed by atoms with Gasteiger partial charge in [0.25, 0.3) is 5.69 Å². The first-order valence-electron chi connectivity index (χ1n) is 8.19. The monoisotopic (exact) mass is 463 g/mol. The van der Waals surface area contributed by atoms with Crippen LogP contribution in [0.1, 0.15) is 11.1 Å². The standard InChI is InChI=1S/C19H17ClF3NO5S/c1-30(2,3)29-18(25)9-4-12-10-14(6-7-16(12)24(26)27)28-17-8-5-13(11-15(17)20)19(21,22)23/h4-11H,1-3H3. The molecule has 0 aliphatic carbocycles. The third-order valence-corrected chi connectivity index (χ3v) is 4.37. The van der Waals surface area contributed by atoms with E-state index in [9.17, 15) is 28.1 Å². The summed E-state index contributed by atoms with van der Waals surface area (Å²) in [6.45, 7) is 0. The Hall–Kier alpha value is -2.72. The van der Waals surface area contributed by atoms with Gasteiger partial charge in [-0.05, 0) is 55.2 Å². The van der Waals surface area contributed by atoms with Crippen molar-refractivity contribution < 1.29 is 31.8 Å². The van der Waals surface area contributed by atoms with Gasteiger partial charge < -0.3 is 8.92 Å². The number of nitro groups is 1. The number of hydrogen-bond donors (Lipinski definition) is 0. The van der Waals surface area contributed by atoms with Gasteiger partial charge in [0, 0.05) is 12.1 Å². The van der Waals surface area contributed by atoms with Crippen LogP contribution in [0.25, 0.3) is 6.08 Å². The number of carbonyl (C=O) groups is 1. The second-order valence-corrected chi connectivity index (χ2v) is 10.7. The Morgan fingerprint density at radius 3 is 2.37 bits per heavy atom. The van der Waals surface area contributed by atoms with Crippen molar-refractivity contribution in [3.8, 4) is 11.5 Å². The number of carbonyl (C=O) groups excluding carboxylic acids is 1. The maximum absolute atomic E-state index is 12.7. The SMILES string of the molecule is CS(C)(C)OC(=O)C=Cc1cc(Oc2ccc(C(F)(F)F)cc2Cl)ccc1[N+](=O)[O-]. The van der Waals surface area contributed by atoms with Crippen molar-refractivity contribution in [1.82, 2.24) is 0 Å². The molecule has 2 aromatic carbocycles. The second-order valence-electron chi connectivity index (χ2n) is 6.68. The topological polar surface area (TPSA) is 78.7 Å². The van der Waals surface area contributed by atoms with Crippen LogP contribution in [0.5, 0.6) is 11.5 Å². The molecule has 0 radical (unpaired) electrons. The van der Waals surface area contributed by atoms with Gasteiger partial charge >= 0.3 is 12.1 Å². The first kappa shape index (κ1) is 23.6. The molecule has 0 aromatic heterocycles. The van der Waals surface area contributed by atoms with Gasteiger partial charge in [0.05, 0.1) is 21.1 Å². The smallest absolute Gasteiger partial charge is 0.416 e. The Balaban J connectivity index is 2.32. The molecule has 2 aromatic rings. The minimum absolute atomic E-state index is 0.0430. The first-order valence-corrected chi connectivity index (χ1v) is 11.4. The predicted molar refractivity (Wildman–Crippen MR) is 110 cm³/mol. The van der Waals surface area contributed by atoms with Crippen LogP contribution in [-0.4, -0.2) is 29.7 Å². The highest BCUT2D eigenvalue weighted by Gasteiger charge is 2.31. The van der Waals surface area contributed by atoms with Gasteiger partial charge in [-0.25, -0.2) is 4.79 Å². The second kappa shape index (κ2) is 8.97. The van der Waals surface area contributed by atoms with E-state index in [-0.39, 0.29) is 27.8 Å². The van der Waals surface area contributed by atoms with Gasteiger partial charge in [0.2, 0.25) is 0 Å². The minimum atomic E-state index is -4.56. The highest BCUT2D eigenvalue weighted by molar-refractivity contribution is 8.28. The Morgan fingerprint density at radius 1 is 1.17 bits per heavy atom. The Bertz CT molecular complexity index is 1000. The summed E-state index contributed by atoms with van der Waals surface area (Å²) in [6, 6.07) is 6.24. The van der Waals surface area contributed by atoms with Crippen molar-refractivity contribution in [2.45, 2.75) is 6.18 Å². The van der Waals surface area contributed by atoms with E-state index in [0.717, 1.165) is 24.3 Å². The van der Waals surface area contributed by atoms with Crippen LogP contribution in [-0.2, 0) is 15.2 Å². The average molecular weight is 464 g/mol. The molecule has 11 heteroatoms. The maximum Gasteiger partial charge on any atom is 0.416 e. The van der Waals surface area contributed by atoms with Crippen LogP contribution in [0, 0.1) is 10.1 Å². The molecule has 0 fully saturated rings. The highest BCUT2D eigenvalue weighted by atomic mass is 35.5. The van der Waals surface area contributed by atoms with Crippen molar-refractivity contribution in [3.05, 3.63) is 68.7 Å². The van der Waals surface area contributed by atoms with Crippen LogP contribution in [0.3, 0.4) is 0 Å². The van der Waals surface area contributed by atoms with E-state index in [4.69, 9.17) is 20.5 Å². The van der Waals surface area contributed by atoms with E-state index in [0.29, 0.717) is 6.07 Å². The van der Waals surface area contributed by atoms with Crippen molar-refractivity contribution in [2.75, 3.05) is 18.8 Å². The summed E-state index contributed by atoms with van der Waals surface area (Å²) < 4.78 is 48.9. The molecule has 2 rings (SSSR count). The van der Waals surface area contributed by atoms with Crippen molar-refractivity contribution in [3.63, 3.8) is 0 Å². The van der Waals surface area contributed by atoms with Crippen molar-refractivity contribution in [2.24, 2.45) is 0 Å². The molecule has 162 valence electrons. The van der Waals surface area contributed by atoms with Crippen LogP contribution >= 0.6 is 21.9 Å². The summed E-state index contributed by atoms with van der Waals surface area (Å²) in [4.78, 5) is 22.4.